The molecule has 0 heterocycles. The van der Waals surface area contributed by atoms with E-state index in [0.29, 0.717) is 5.88 Å². The van der Waals surface area contributed by atoms with E-state index in [0.717, 1.165) is 0 Å². The summed E-state index contributed by atoms with van der Waals surface area (Å²) in [6.07, 6.45) is 0. The number of halogens is 1. The molecule has 0 aromatic rings. The van der Waals surface area contributed by atoms with Crippen LogP contribution in [0.2, 0.25) is 0 Å². The summed E-state index contributed by atoms with van der Waals surface area (Å²) < 4.78 is 5.07. The summed E-state index contributed by atoms with van der Waals surface area (Å²) in [5.74, 6) is -0.127. The number of ether oxygens (including phenoxy) is 1. The van der Waals surface area contributed by atoms with Crippen LogP contribution in [0, 0.1) is 5.92 Å². The van der Waals surface area contributed by atoms with E-state index < -0.39 is 5.60 Å². The minimum absolute atomic E-state index is 0.212. The van der Waals surface area contributed by atoms with Crippen molar-refractivity contribution in [3.05, 3.63) is 0 Å². The highest BCUT2D eigenvalue weighted by molar-refractivity contribution is 6.19. The van der Waals surface area contributed by atoms with Gasteiger partial charge in [0.05, 0.1) is 5.92 Å². The van der Waals surface area contributed by atoms with Crippen LogP contribution in [0.4, 0.5) is 0 Å². The highest BCUT2D eigenvalue weighted by Gasteiger charge is 2.20. The zero-order valence-corrected chi connectivity index (χ0v) is 8.23. The number of alkyl halides is 1. The van der Waals surface area contributed by atoms with Gasteiger partial charge in [0.15, 0.2) is 0 Å². The maximum atomic E-state index is 11.1. The van der Waals surface area contributed by atoms with Gasteiger partial charge in [-0.3, -0.25) is 4.79 Å². The first-order valence-corrected chi connectivity index (χ1v) is 4.19. The molecule has 0 N–H and O–H groups in total. The Kier molecular flexibility index (Phi) is 3.87. The first-order valence-electron chi connectivity index (χ1n) is 3.65. The van der Waals surface area contributed by atoms with Gasteiger partial charge in [-0.05, 0) is 20.8 Å². The Hall–Kier alpha value is -0.240. The van der Waals surface area contributed by atoms with Crippen molar-refractivity contribution in [2.75, 3.05) is 5.88 Å². The standard InChI is InChI=1S/C8H15ClO2/c1-6(5-9)7(10)11-8(2,3)4/h6H,5H2,1-4H3. The lowest BCUT2D eigenvalue weighted by molar-refractivity contribution is -0.158. The fourth-order valence-electron chi connectivity index (χ4n) is 0.465. The van der Waals surface area contributed by atoms with Crippen LogP contribution in [0.25, 0.3) is 0 Å². The summed E-state index contributed by atoms with van der Waals surface area (Å²) in [7, 11) is 0. The molecule has 2 nitrogen and oxygen atoms in total. The number of hydrogen-bond acceptors (Lipinski definition) is 2. The van der Waals surface area contributed by atoms with Crippen molar-refractivity contribution < 1.29 is 9.53 Å². The van der Waals surface area contributed by atoms with Crippen molar-refractivity contribution in [1.29, 1.82) is 0 Å². The number of carbonyl (C=O) groups excluding carboxylic acids is 1. The van der Waals surface area contributed by atoms with E-state index in [9.17, 15) is 4.79 Å². The minimum atomic E-state index is -0.405. The Morgan fingerprint density at radius 1 is 1.55 bits per heavy atom. The summed E-state index contributed by atoms with van der Waals surface area (Å²) in [6, 6.07) is 0. The van der Waals surface area contributed by atoms with Gasteiger partial charge in [0.2, 0.25) is 0 Å². The molecule has 0 rings (SSSR count). The zero-order chi connectivity index (χ0) is 9.07. The van der Waals surface area contributed by atoms with Crippen LogP contribution in [-0.4, -0.2) is 17.5 Å². The van der Waals surface area contributed by atoms with Gasteiger partial charge in [-0.25, -0.2) is 0 Å². The van der Waals surface area contributed by atoms with Crippen LogP contribution < -0.4 is 0 Å². The molecule has 1 unspecified atom stereocenters. The SMILES string of the molecule is CC(CCl)C(=O)OC(C)(C)C. The topological polar surface area (TPSA) is 26.3 Å². The average Bonchev–Trinajstić information content (AvgIpc) is 1.82. The Bertz CT molecular complexity index is 138. The number of carbonyl (C=O) groups is 1. The highest BCUT2D eigenvalue weighted by Crippen LogP contribution is 2.11. The van der Waals surface area contributed by atoms with E-state index in [-0.39, 0.29) is 11.9 Å². The maximum absolute atomic E-state index is 11.1. The lowest BCUT2D eigenvalue weighted by atomic mass is 10.1. The lowest BCUT2D eigenvalue weighted by Crippen LogP contribution is -2.28. The molecule has 0 aromatic heterocycles. The predicted octanol–water partition coefficient (Wildman–Crippen LogP) is 2.20. The van der Waals surface area contributed by atoms with Crippen molar-refractivity contribution in [3.63, 3.8) is 0 Å². The van der Waals surface area contributed by atoms with Crippen molar-refractivity contribution in [1.82, 2.24) is 0 Å². The molecule has 0 saturated carbocycles. The lowest BCUT2D eigenvalue weighted by Gasteiger charge is -2.21. The normalized spacial score (nSPS) is 14.3. The molecule has 66 valence electrons. The molecule has 0 fully saturated rings. The highest BCUT2D eigenvalue weighted by atomic mass is 35.5. The molecule has 0 spiro atoms. The summed E-state index contributed by atoms with van der Waals surface area (Å²) >= 11 is 5.47. The Labute approximate surface area is 72.9 Å². The van der Waals surface area contributed by atoms with Gasteiger partial charge in [0.1, 0.15) is 5.60 Å². The van der Waals surface area contributed by atoms with Gasteiger partial charge < -0.3 is 4.74 Å². The van der Waals surface area contributed by atoms with Gasteiger partial charge in [0.25, 0.3) is 0 Å². The third-order valence-corrected chi connectivity index (χ3v) is 1.50. The molecule has 3 heteroatoms. The van der Waals surface area contributed by atoms with E-state index in [4.69, 9.17) is 16.3 Å². The number of hydrogen-bond donors (Lipinski definition) is 0. The third kappa shape index (κ3) is 5.08. The van der Waals surface area contributed by atoms with Gasteiger partial charge in [0, 0.05) is 5.88 Å². The van der Waals surface area contributed by atoms with Crippen LogP contribution in [-0.2, 0) is 9.53 Å². The molecule has 0 amide bonds. The summed E-state index contributed by atoms with van der Waals surface area (Å²) in [6.45, 7) is 7.27. The molecule has 0 aliphatic carbocycles. The molecule has 0 bridgehead atoms. The zero-order valence-electron chi connectivity index (χ0n) is 7.48. The van der Waals surface area contributed by atoms with Crippen molar-refractivity contribution in [2.24, 2.45) is 5.92 Å². The van der Waals surface area contributed by atoms with E-state index >= 15 is 0 Å². The van der Waals surface area contributed by atoms with E-state index in [1.54, 1.807) is 6.92 Å². The molecule has 0 aromatic carbocycles. The Morgan fingerprint density at radius 2 is 2.00 bits per heavy atom. The maximum Gasteiger partial charge on any atom is 0.310 e. The summed E-state index contributed by atoms with van der Waals surface area (Å²) in [4.78, 5) is 11.1. The van der Waals surface area contributed by atoms with E-state index in [1.807, 2.05) is 20.8 Å². The fraction of sp³-hybridized carbons (Fsp3) is 0.875. The minimum Gasteiger partial charge on any atom is -0.460 e. The van der Waals surface area contributed by atoms with Crippen LogP contribution in [0.3, 0.4) is 0 Å². The summed E-state index contributed by atoms with van der Waals surface area (Å²) in [5, 5.41) is 0. The molecule has 11 heavy (non-hydrogen) atoms. The Morgan fingerprint density at radius 3 is 2.27 bits per heavy atom. The first kappa shape index (κ1) is 10.8. The van der Waals surface area contributed by atoms with Crippen molar-refractivity contribution in [3.8, 4) is 0 Å². The Balaban J connectivity index is 3.88. The monoisotopic (exact) mass is 178 g/mol. The van der Waals surface area contributed by atoms with E-state index in [1.165, 1.54) is 0 Å². The van der Waals surface area contributed by atoms with Crippen LogP contribution >= 0.6 is 11.6 Å². The summed E-state index contributed by atoms with van der Waals surface area (Å²) in [5.41, 5.74) is -0.405. The van der Waals surface area contributed by atoms with Crippen molar-refractivity contribution in [2.45, 2.75) is 33.3 Å². The van der Waals surface area contributed by atoms with Crippen LogP contribution in [0.1, 0.15) is 27.7 Å². The molecule has 0 saturated heterocycles. The van der Waals surface area contributed by atoms with E-state index in [2.05, 4.69) is 0 Å². The van der Waals surface area contributed by atoms with Crippen LogP contribution in [0.15, 0.2) is 0 Å². The first-order chi connectivity index (χ1) is 4.87. The fourth-order valence-corrected chi connectivity index (χ4v) is 0.591. The largest absolute Gasteiger partial charge is 0.460 e. The number of rotatable bonds is 2. The second-order valence-electron chi connectivity index (χ2n) is 3.59. The smallest absolute Gasteiger partial charge is 0.310 e. The second kappa shape index (κ2) is 3.96. The van der Waals surface area contributed by atoms with Crippen molar-refractivity contribution >= 4 is 17.6 Å². The molecular weight excluding hydrogens is 164 g/mol. The quantitative estimate of drug-likeness (QED) is 0.479. The van der Waals surface area contributed by atoms with Gasteiger partial charge >= 0.3 is 5.97 Å². The predicted molar refractivity (Wildman–Crippen MR) is 45.7 cm³/mol. The third-order valence-electron chi connectivity index (χ3n) is 1.04. The molecule has 0 radical (unpaired) electrons. The van der Waals surface area contributed by atoms with Crippen LogP contribution in [0.5, 0.6) is 0 Å². The molecule has 0 aliphatic rings. The molecule has 1 atom stereocenters. The van der Waals surface area contributed by atoms with Gasteiger partial charge in [-0.2, -0.15) is 0 Å². The average molecular weight is 179 g/mol. The van der Waals surface area contributed by atoms with Gasteiger partial charge in [-0.15, -0.1) is 11.6 Å². The van der Waals surface area contributed by atoms with Gasteiger partial charge in [-0.1, -0.05) is 6.92 Å². The molecular formula is C8H15ClO2. The molecule has 0 aliphatic heterocycles. The number of esters is 1. The second-order valence-corrected chi connectivity index (χ2v) is 3.90.